The summed E-state index contributed by atoms with van der Waals surface area (Å²) in [4.78, 5) is 13.2. The van der Waals surface area contributed by atoms with Gasteiger partial charge in [0.2, 0.25) is 5.91 Å². The first kappa shape index (κ1) is 9.24. The first-order chi connectivity index (χ1) is 6.59. The van der Waals surface area contributed by atoms with Gasteiger partial charge in [-0.05, 0) is 5.56 Å². The number of nitrogens with zero attached hydrogens (tertiary/aromatic N) is 3. The minimum atomic E-state index is 0.142. The molecule has 0 unspecified atom stereocenters. The van der Waals surface area contributed by atoms with E-state index >= 15 is 0 Å². The molecule has 1 aliphatic heterocycles. The van der Waals surface area contributed by atoms with E-state index < -0.39 is 0 Å². The van der Waals surface area contributed by atoms with Gasteiger partial charge in [0.15, 0.2) is 0 Å². The van der Waals surface area contributed by atoms with E-state index in [4.69, 9.17) is 0 Å². The van der Waals surface area contributed by atoms with Crippen molar-refractivity contribution in [2.75, 3.05) is 6.54 Å². The molecule has 2 rings (SSSR count). The minimum absolute atomic E-state index is 0.142. The van der Waals surface area contributed by atoms with Crippen LogP contribution in [0.1, 0.15) is 31.0 Å². The third kappa shape index (κ3) is 1.31. The highest BCUT2D eigenvalue weighted by molar-refractivity contribution is 5.73. The molecule has 4 heteroatoms. The summed E-state index contributed by atoms with van der Waals surface area (Å²) in [5, 5.41) is 4.22. The van der Waals surface area contributed by atoms with Crippen LogP contribution >= 0.6 is 0 Å². The highest BCUT2D eigenvalue weighted by atomic mass is 16.2. The van der Waals surface area contributed by atoms with Crippen LogP contribution in [-0.4, -0.2) is 27.1 Å². The summed E-state index contributed by atoms with van der Waals surface area (Å²) in [7, 11) is 1.93. The molecule has 1 aromatic heterocycles. The quantitative estimate of drug-likeness (QED) is 0.613. The molecule has 0 spiro atoms. The smallest absolute Gasteiger partial charge is 0.219 e. The van der Waals surface area contributed by atoms with Crippen molar-refractivity contribution in [2.45, 2.75) is 26.3 Å². The van der Waals surface area contributed by atoms with Gasteiger partial charge in [-0.1, -0.05) is 6.92 Å². The van der Waals surface area contributed by atoms with Crippen molar-refractivity contribution < 1.29 is 4.79 Å². The van der Waals surface area contributed by atoms with Gasteiger partial charge in [0.1, 0.15) is 0 Å². The molecule has 1 atom stereocenters. The normalized spacial score (nSPS) is 20.8. The predicted molar refractivity (Wildman–Crippen MR) is 52.7 cm³/mol. The lowest BCUT2D eigenvalue weighted by molar-refractivity contribution is -0.130. The van der Waals surface area contributed by atoms with Gasteiger partial charge in [0.05, 0.1) is 18.4 Å². The van der Waals surface area contributed by atoms with Crippen molar-refractivity contribution in [3.8, 4) is 0 Å². The van der Waals surface area contributed by atoms with Gasteiger partial charge in [-0.25, -0.2) is 0 Å². The molecular weight excluding hydrogens is 178 g/mol. The second-order valence-electron chi connectivity index (χ2n) is 3.97. The lowest BCUT2D eigenvalue weighted by atomic mass is 9.97. The Kier molecular flexibility index (Phi) is 2.06. The van der Waals surface area contributed by atoms with E-state index in [9.17, 15) is 4.79 Å². The van der Waals surface area contributed by atoms with E-state index in [2.05, 4.69) is 12.0 Å². The molecule has 0 aromatic carbocycles. The molecule has 0 saturated carbocycles. The maximum atomic E-state index is 11.3. The second-order valence-corrected chi connectivity index (χ2v) is 3.97. The fraction of sp³-hybridized carbons (Fsp3) is 0.600. The van der Waals surface area contributed by atoms with Crippen molar-refractivity contribution in [1.29, 1.82) is 0 Å². The molecule has 0 fully saturated rings. The molecule has 0 saturated heterocycles. The van der Waals surface area contributed by atoms with Gasteiger partial charge in [-0.15, -0.1) is 0 Å². The van der Waals surface area contributed by atoms with E-state index in [-0.39, 0.29) is 5.91 Å². The standard InChI is InChI=1S/C10H15N3O/c1-7-5-13(8(2)14)6-10-9(7)4-11-12(10)3/h4,7H,5-6H2,1-3H3/t7-/m0/s1. The largest absolute Gasteiger partial charge is 0.336 e. The molecule has 0 N–H and O–H groups in total. The van der Waals surface area contributed by atoms with Gasteiger partial charge in [0, 0.05) is 26.4 Å². The molecule has 0 radical (unpaired) electrons. The molecule has 1 aliphatic rings. The SMILES string of the molecule is CC(=O)N1Cc2c(cnn2C)[C@@H](C)C1. The number of carbonyl (C=O) groups excluding carboxylic acids is 1. The van der Waals surface area contributed by atoms with Crippen LogP contribution < -0.4 is 0 Å². The second kappa shape index (κ2) is 3.12. The highest BCUT2D eigenvalue weighted by Gasteiger charge is 2.26. The summed E-state index contributed by atoms with van der Waals surface area (Å²) >= 11 is 0. The Morgan fingerprint density at radius 2 is 2.36 bits per heavy atom. The van der Waals surface area contributed by atoms with Crippen LogP contribution in [-0.2, 0) is 18.4 Å². The van der Waals surface area contributed by atoms with E-state index in [1.807, 2.05) is 22.8 Å². The highest BCUT2D eigenvalue weighted by Crippen LogP contribution is 2.27. The fourth-order valence-corrected chi connectivity index (χ4v) is 2.00. The number of fused-ring (bicyclic) bond motifs is 1. The zero-order chi connectivity index (χ0) is 10.3. The first-order valence-electron chi connectivity index (χ1n) is 4.86. The van der Waals surface area contributed by atoms with Gasteiger partial charge in [-0.2, -0.15) is 5.10 Å². The van der Waals surface area contributed by atoms with Gasteiger partial charge >= 0.3 is 0 Å². The molecule has 76 valence electrons. The average molecular weight is 193 g/mol. The van der Waals surface area contributed by atoms with Crippen molar-refractivity contribution in [1.82, 2.24) is 14.7 Å². The Morgan fingerprint density at radius 1 is 1.64 bits per heavy atom. The summed E-state index contributed by atoms with van der Waals surface area (Å²) in [5.74, 6) is 0.542. The van der Waals surface area contributed by atoms with Gasteiger partial charge < -0.3 is 4.90 Å². The number of carbonyl (C=O) groups is 1. The first-order valence-corrected chi connectivity index (χ1v) is 4.86. The number of amides is 1. The van der Waals surface area contributed by atoms with E-state index in [0.29, 0.717) is 12.5 Å². The maximum absolute atomic E-state index is 11.3. The molecule has 0 aliphatic carbocycles. The van der Waals surface area contributed by atoms with Crippen LogP contribution in [0, 0.1) is 0 Å². The lowest BCUT2D eigenvalue weighted by Gasteiger charge is -2.30. The van der Waals surface area contributed by atoms with Crippen LogP contribution in [0.4, 0.5) is 0 Å². The van der Waals surface area contributed by atoms with E-state index in [1.54, 1.807) is 6.92 Å². The Hall–Kier alpha value is -1.32. The van der Waals surface area contributed by atoms with E-state index in [0.717, 1.165) is 6.54 Å². The molecule has 2 heterocycles. The summed E-state index contributed by atoms with van der Waals surface area (Å²) < 4.78 is 1.86. The third-order valence-corrected chi connectivity index (χ3v) is 2.90. The predicted octanol–water partition coefficient (Wildman–Crippen LogP) is 0.886. The van der Waals surface area contributed by atoms with Gasteiger partial charge in [-0.3, -0.25) is 9.48 Å². The van der Waals surface area contributed by atoms with Gasteiger partial charge in [0.25, 0.3) is 0 Å². The summed E-state index contributed by atoms with van der Waals surface area (Å²) in [6.07, 6.45) is 1.91. The lowest BCUT2D eigenvalue weighted by Crippen LogP contribution is -2.36. The zero-order valence-electron chi connectivity index (χ0n) is 8.82. The van der Waals surface area contributed by atoms with Crippen LogP contribution in [0.2, 0.25) is 0 Å². The maximum Gasteiger partial charge on any atom is 0.219 e. The molecule has 1 aromatic rings. The Morgan fingerprint density at radius 3 is 3.00 bits per heavy atom. The number of aromatic nitrogens is 2. The number of rotatable bonds is 0. The van der Waals surface area contributed by atoms with Crippen LogP contribution in [0.5, 0.6) is 0 Å². The minimum Gasteiger partial charge on any atom is -0.336 e. The Balaban J connectivity index is 2.35. The van der Waals surface area contributed by atoms with Crippen LogP contribution in [0.15, 0.2) is 6.20 Å². The van der Waals surface area contributed by atoms with Crippen LogP contribution in [0.3, 0.4) is 0 Å². The molecule has 0 bridgehead atoms. The van der Waals surface area contributed by atoms with Crippen LogP contribution in [0.25, 0.3) is 0 Å². The average Bonchev–Trinajstić information content (AvgIpc) is 2.48. The molecule has 1 amide bonds. The molecule has 14 heavy (non-hydrogen) atoms. The third-order valence-electron chi connectivity index (χ3n) is 2.90. The Bertz CT molecular complexity index is 369. The molecule has 4 nitrogen and oxygen atoms in total. The number of hydrogen-bond acceptors (Lipinski definition) is 2. The topological polar surface area (TPSA) is 38.1 Å². The summed E-state index contributed by atoms with van der Waals surface area (Å²) in [6.45, 7) is 5.27. The van der Waals surface area contributed by atoms with E-state index in [1.165, 1.54) is 11.3 Å². The number of hydrogen-bond donors (Lipinski definition) is 0. The summed E-state index contributed by atoms with van der Waals surface area (Å²) in [5.41, 5.74) is 2.45. The van der Waals surface area contributed by atoms with Crippen molar-refractivity contribution in [2.24, 2.45) is 7.05 Å². The summed E-state index contributed by atoms with van der Waals surface area (Å²) in [6, 6.07) is 0. The molecular formula is C10H15N3O. The van der Waals surface area contributed by atoms with Crippen molar-refractivity contribution >= 4 is 5.91 Å². The van der Waals surface area contributed by atoms with Crippen molar-refractivity contribution in [3.05, 3.63) is 17.5 Å². The zero-order valence-corrected chi connectivity index (χ0v) is 8.82. The van der Waals surface area contributed by atoms with Crippen molar-refractivity contribution in [3.63, 3.8) is 0 Å². The Labute approximate surface area is 83.5 Å². The monoisotopic (exact) mass is 193 g/mol. The number of aryl methyl sites for hydroxylation is 1. The fourth-order valence-electron chi connectivity index (χ4n) is 2.00.